The Balaban J connectivity index is 2.05. The first-order valence-corrected chi connectivity index (χ1v) is 7.33. The van der Waals surface area contributed by atoms with Crippen molar-refractivity contribution in [3.8, 4) is 0 Å². The number of rotatable bonds is 4. The van der Waals surface area contributed by atoms with Gasteiger partial charge in [0.2, 0.25) is 5.91 Å². The zero-order chi connectivity index (χ0) is 14.7. The standard InChI is InChI=1S/C16H25N3O/c1-11-5-6-19(10-15(11)8-17)9-14-4-3-13(16(18)20)7-12(14)2/h3-4,7,11,15H,5-6,8-10,17H2,1-2H3,(H2,18,20). The Morgan fingerprint density at radius 2 is 2.20 bits per heavy atom. The Hall–Kier alpha value is -1.39. The predicted molar refractivity (Wildman–Crippen MR) is 81.3 cm³/mol. The molecule has 0 aromatic heterocycles. The summed E-state index contributed by atoms with van der Waals surface area (Å²) in [6.45, 7) is 8.20. The fraction of sp³-hybridized carbons (Fsp3) is 0.562. The highest BCUT2D eigenvalue weighted by atomic mass is 16.1. The number of hydrogen-bond donors (Lipinski definition) is 2. The predicted octanol–water partition coefficient (Wildman–Crippen LogP) is 1.51. The molecule has 1 aromatic carbocycles. The van der Waals surface area contributed by atoms with E-state index in [1.165, 1.54) is 12.0 Å². The SMILES string of the molecule is Cc1cc(C(N)=O)ccc1CN1CCC(C)C(CN)C1. The van der Waals surface area contributed by atoms with E-state index in [0.29, 0.717) is 11.5 Å². The van der Waals surface area contributed by atoms with Crippen molar-refractivity contribution in [2.75, 3.05) is 19.6 Å². The molecule has 1 amide bonds. The van der Waals surface area contributed by atoms with Gasteiger partial charge in [0.1, 0.15) is 0 Å². The van der Waals surface area contributed by atoms with Gasteiger partial charge in [0.25, 0.3) is 0 Å². The Morgan fingerprint density at radius 1 is 1.45 bits per heavy atom. The molecular weight excluding hydrogens is 250 g/mol. The van der Waals surface area contributed by atoms with Crippen molar-refractivity contribution in [3.05, 3.63) is 34.9 Å². The monoisotopic (exact) mass is 275 g/mol. The van der Waals surface area contributed by atoms with Crippen molar-refractivity contribution in [1.82, 2.24) is 4.90 Å². The maximum Gasteiger partial charge on any atom is 0.248 e. The molecule has 4 heteroatoms. The number of benzene rings is 1. The molecule has 4 N–H and O–H groups in total. The fourth-order valence-corrected chi connectivity index (χ4v) is 2.94. The molecule has 1 aliphatic heterocycles. The van der Waals surface area contributed by atoms with Crippen LogP contribution in [0.2, 0.25) is 0 Å². The number of carbonyl (C=O) groups is 1. The van der Waals surface area contributed by atoms with E-state index in [0.717, 1.165) is 37.7 Å². The third kappa shape index (κ3) is 3.38. The summed E-state index contributed by atoms with van der Waals surface area (Å²) in [5, 5.41) is 0. The van der Waals surface area contributed by atoms with Crippen LogP contribution in [-0.2, 0) is 6.54 Å². The molecule has 0 bridgehead atoms. The van der Waals surface area contributed by atoms with Gasteiger partial charge in [0.15, 0.2) is 0 Å². The van der Waals surface area contributed by atoms with Crippen LogP contribution in [0.15, 0.2) is 18.2 Å². The van der Waals surface area contributed by atoms with E-state index >= 15 is 0 Å². The maximum atomic E-state index is 11.2. The minimum Gasteiger partial charge on any atom is -0.366 e. The molecule has 2 atom stereocenters. The van der Waals surface area contributed by atoms with E-state index in [4.69, 9.17) is 11.5 Å². The van der Waals surface area contributed by atoms with Gasteiger partial charge >= 0.3 is 0 Å². The molecule has 2 unspecified atom stereocenters. The summed E-state index contributed by atoms with van der Waals surface area (Å²) in [7, 11) is 0. The third-order valence-corrected chi connectivity index (χ3v) is 4.52. The molecule has 0 saturated carbocycles. The molecule has 1 aliphatic rings. The summed E-state index contributed by atoms with van der Waals surface area (Å²) in [5.41, 5.74) is 14.1. The highest BCUT2D eigenvalue weighted by Crippen LogP contribution is 2.24. The van der Waals surface area contributed by atoms with E-state index in [2.05, 4.69) is 11.8 Å². The first kappa shape index (κ1) is 15.0. The quantitative estimate of drug-likeness (QED) is 0.875. The highest BCUT2D eigenvalue weighted by molar-refractivity contribution is 5.93. The maximum absolute atomic E-state index is 11.2. The molecule has 20 heavy (non-hydrogen) atoms. The average molecular weight is 275 g/mol. The van der Waals surface area contributed by atoms with Crippen LogP contribution in [0.1, 0.15) is 34.8 Å². The first-order valence-electron chi connectivity index (χ1n) is 7.33. The van der Waals surface area contributed by atoms with Gasteiger partial charge in [-0.25, -0.2) is 0 Å². The van der Waals surface area contributed by atoms with Crippen molar-refractivity contribution in [2.24, 2.45) is 23.3 Å². The lowest BCUT2D eigenvalue weighted by molar-refractivity contribution is 0.1000. The van der Waals surface area contributed by atoms with E-state index < -0.39 is 0 Å². The lowest BCUT2D eigenvalue weighted by Crippen LogP contribution is -2.42. The van der Waals surface area contributed by atoms with Crippen molar-refractivity contribution in [1.29, 1.82) is 0 Å². The molecule has 1 heterocycles. The number of carbonyl (C=O) groups excluding carboxylic acids is 1. The molecule has 4 nitrogen and oxygen atoms in total. The third-order valence-electron chi connectivity index (χ3n) is 4.52. The van der Waals surface area contributed by atoms with Gasteiger partial charge in [-0.1, -0.05) is 13.0 Å². The van der Waals surface area contributed by atoms with Gasteiger partial charge in [-0.2, -0.15) is 0 Å². The fourth-order valence-electron chi connectivity index (χ4n) is 2.94. The number of amides is 1. The number of aryl methyl sites for hydroxylation is 1. The molecule has 2 rings (SSSR count). The van der Waals surface area contributed by atoms with Crippen LogP contribution in [0, 0.1) is 18.8 Å². The second-order valence-electron chi connectivity index (χ2n) is 6.00. The number of likely N-dealkylation sites (tertiary alicyclic amines) is 1. The van der Waals surface area contributed by atoms with E-state index in [1.54, 1.807) is 0 Å². The summed E-state index contributed by atoms with van der Waals surface area (Å²) in [5.74, 6) is 0.943. The van der Waals surface area contributed by atoms with Gasteiger partial charge < -0.3 is 11.5 Å². The normalized spacial score (nSPS) is 23.8. The van der Waals surface area contributed by atoms with Crippen LogP contribution in [0.25, 0.3) is 0 Å². The number of hydrogen-bond acceptors (Lipinski definition) is 3. The van der Waals surface area contributed by atoms with Gasteiger partial charge in [-0.3, -0.25) is 9.69 Å². The van der Waals surface area contributed by atoms with Crippen molar-refractivity contribution < 1.29 is 4.79 Å². The van der Waals surface area contributed by atoms with E-state index in [-0.39, 0.29) is 5.91 Å². The number of nitrogens with two attached hydrogens (primary N) is 2. The summed E-state index contributed by atoms with van der Waals surface area (Å²) in [6, 6.07) is 5.72. The topological polar surface area (TPSA) is 72.4 Å². The number of primary amides is 1. The first-order chi connectivity index (χ1) is 9.51. The van der Waals surface area contributed by atoms with E-state index in [9.17, 15) is 4.79 Å². The number of nitrogens with zero attached hydrogens (tertiary/aromatic N) is 1. The van der Waals surface area contributed by atoms with Crippen LogP contribution < -0.4 is 11.5 Å². The molecule has 110 valence electrons. The van der Waals surface area contributed by atoms with Crippen molar-refractivity contribution >= 4 is 5.91 Å². The second-order valence-corrected chi connectivity index (χ2v) is 6.00. The largest absolute Gasteiger partial charge is 0.366 e. The summed E-state index contributed by atoms with van der Waals surface area (Å²) >= 11 is 0. The Morgan fingerprint density at radius 3 is 2.80 bits per heavy atom. The van der Waals surface area contributed by atoms with Crippen LogP contribution in [0.5, 0.6) is 0 Å². The Labute approximate surface area is 121 Å². The van der Waals surface area contributed by atoms with Crippen LogP contribution in [0.3, 0.4) is 0 Å². The second kappa shape index (κ2) is 6.37. The molecule has 0 aliphatic carbocycles. The van der Waals surface area contributed by atoms with Crippen molar-refractivity contribution in [2.45, 2.75) is 26.8 Å². The lowest BCUT2D eigenvalue weighted by atomic mass is 9.87. The van der Waals surface area contributed by atoms with Crippen LogP contribution >= 0.6 is 0 Å². The molecule has 1 fully saturated rings. The van der Waals surface area contributed by atoms with E-state index in [1.807, 2.05) is 25.1 Å². The van der Waals surface area contributed by atoms with Gasteiger partial charge in [-0.15, -0.1) is 0 Å². The Kier molecular flexibility index (Phi) is 4.78. The molecule has 1 aromatic rings. The molecular formula is C16H25N3O. The molecule has 0 spiro atoms. The smallest absolute Gasteiger partial charge is 0.248 e. The lowest BCUT2D eigenvalue weighted by Gasteiger charge is -2.36. The summed E-state index contributed by atoms with van der Waals surface area (Å²) in [4.78, 5) is 13.6. The molecule has 1 saturated heterocycles. The van der Waals surface area contributed by atoms with Crippen LogP contribution in [0.4, 0.5) is 0 Å². The average Bonchev–Trinajstić information content (AvgIpc) is 2.42. The highest BCUT2D eigenvalue weighted by Gasteiger charge is 2.25. The summed E-state index contributed by atoms with van der Waals surface area (Å²) < 4.78 is 0. The van der Waals surface area contributed by atoms with Gasteiger partial charge in [0.05, 0.1) is 0 Å². The minimum atomic E-state index is -0.366. The molecule has 0 radical (unpaired) electrons. The minimum absolute atomic E-state index is 0.366. The summed E-state index contributed by atoms with van der Waals surface area (Å²) in [6.07, 6.45) is 1.21. The zero-order valence-electron chi connectivity index (χ0n) is 12.4. The Bertz CT molecular complexity index is 487. The van der Waals surface area contributed by atoms with Crippen molar-refractivity contribution in [3.63, 3.8) is 0 Å². The zero-order valence-corrected chi connectivity index (χ0v) is 12.4. The van der Waals surface area contributed by atoms with Crippen LogP contribution in [-0.4, -0.2) is 30.4 Å². The number of piperidine rings is 1. The van der Waals surface area contributed by atoms with Gasteiger partial charge in [0, 0.05) is 18.7 Å². The van der Waals surface area contributed by atoms with Gasteiger partial charge in [-0.05, 0) is 61.5 Å².